The molecule has 0 saturated carbocycles. The SMILES string of the molecule is CNC(=O)[C@H](C)N(Cc1ccc(F)cc1)C(=O)CN(Cc1ccccc1)S(C)(=O)=O. The second-order valence-corrected chi connectivity index (χ2v) is 8.94. The minimum atomic E-state index is -3.69. The van der Waals surface area contributed by atoms with Gasteiger partial charge in [0.2, 0.25) is 21.8 Å². The summed E-state index contributed by atoms with van der Waals surface area (Å²) in [7, 11) is -2.23. The van der Waals surface area contributed by atoms with Crippen molar-refractivity contribution in [1.29, 1.82) is 0 Å². The summed E-state index contributed by atoms with van der Waals surface area (Å²) in [5, 5.41) is 2.49. The fourth-order valence-electron chi connectivity index (χ4n) is 2.90. The molecule has 0 radical (unpaired) electrons. The van der Waals surface area contributed by atoms with E-state index in [0.717, 1.165) is 16.1 Å². The summed E-state index contributed by atoms with van der Waals surface area (Å²) in [5.41, 5.74) is 1.36. The van der Waals surface area contributed by atoms with Crippen LogP contribution in [0.3, 0.4) is 0 Å². The number of sulfonamides is 1. The van der Waals surface area contributed by atoms with Gasteiger partial charge in [-0.05, 0) is 30.2 Å². The summed E-state index contributed by atoms with van der Waals surface area (Å²) in [6.07, 6.45) is 1.04. The number of amides is 2. The molecule has 0 fully saturated rings. The molecule has 2 aromatic carbocycles. The molecule has 2 amide bonds. The number of benzene rings is 2. The Hall–Kier alpha value is -2.78. The average Bonchev–Trinajstić information content (AvgIpc) is 2.71. The van der Waals surface area contributed by atoms with Crippen molar-refractivity contribution >= 4 is 21.8 Å². The molecule has 30 heavy (non-hydrogen) atoms. The first-order chi connectivity index (χ1) is 14.1. The van der Waals surface area contributed by atoms with Gasteiger partial charge in [-0.2, -0.15) is 4.31 Å². The zero-order valence-corrected chi connectivity index (χ0v) is 18.0. The van der Waals surface area contributed by atoms with Gasteiger partial charge in [0.25, 0.3) is 0 Å². The highest BCUT2D eigenvalue weighted by Gasteiger charge is 2.29. The van der Waals surface area contributed by atoms with Gasteiger partial charge >= 0.3 is 0 Å². The maximum atomic E-state index is 13.2. The van der Waals surface area contributed by atoms with Gasteiger partial charge < -0.3 is 10.2 Å². The van der Waals surface area contributed by atoms with Gasteiger partial charge in [0, 0.05) is 20.1 Å². The van der Waals surface area contributed by atoms with Crippen LogP contribution in [0.15, 0.2) is 54.6 Å². The van der Waals surface area contributed by atoms with Gasteiger partial charge in [-0.15, -0.1) is 0 Å². The topological polar surface area (TPSA) is 86.8 Å². The molecule has 0 aliphatic rings. The van der Waals surface area contributed by atoms with E-state index in [4.69, 9.17) is 0 Å². The Labute approximate surface area is 176 Å². The highest BCUT2D eigenvalue weighted by molar-refractivity contribution is 7.88. The second kappa shape index (κ2) is 10.3. The van der Waals surface area contributed by atoms with Crippen LogP contribution < -0.4 is 5.32 Å². The van der Waals surface area contributed by atoms with Crippen LogP contribution in [0, 0.1) is 5.82 Å². The van der Waals surface area contributed by atoms with E-state index in [1.807, 2.05) is 6.07 Å². The number of likely N-dealkylation sites (N-methyl/N-ethyl adjacent to an activating group) is 1. The number of rotatable bonds is 9. The monoisotopic (exact) mass is 435 g/mol. The molecule has 0 bridgehead atoms. The Balaban J connectivity index is 2.27. The van der Waals surface area contributed by atoms with Crippen LogP contribution in [0.25, 0.3) is 0 Å². The fourth-order valence-corrected chi connectivity index (χ4v) is 3.63. The quantitative estimate of drug-likeness (QED) is 0.650. The van der Waals surface area contributed by atoms with Crippen molar-refractivity contribution in [3.8, 4) is 0 Å². The van der Waals surface area contributed by atoms with Crippen molar-refractivity contribution in [3.63, 3.8) is 0 Å². The summed E-state index contributed by atoms with van der Waals surface area (Å²) in [5.74, 6) is -1.33. The van der Waals surface area contributed by atoms with Crippen molar-refractivity contribution in [2.75, 3.05) is 19.8 Å². The summed E-state index contributed by atoms with van der Waals surface area (Å²) in [6, 6.07) is 13.6. The van der Waals surface area contributed by atoms with E-state index >= 15 is 0 Å². The average molecular weight is 436 g/mol. The molecule has 0 saturated heterocycles. The summed E-state index contributed by atoms with van der Waals surface area (Å²) in [4.78, 5) is 26.6. The molecule has 0 unspecified atom stereocenters. The van der Waals surface area contributed by atoms with Crippen molar-refractivity contribution in [1.82, 2.24) is 14.5 Å². The summed E-state index contributed by atoms with van der Waals surface area (Å²) < 4.78 is 38.9. The summed E-state index contributed by atoms with van der Waals surface area (Å²) in [6.45, 7) is 1.21. The number of hydrogen-bond acceptors (Lipinski definition) is 4. The zero-order chi connectivity index (χ0) is 22.3. The van der Waals surface area contributed by atoms with E-state index in [0.29, 0.717) is 5.56 Å². The molecular weight excluding hydrogens is 409 g/mol. The standard InChI is InChI=1S/C21H26FN3O4S/c1-16(21(27)23-2)25(14-18-9-11-19(22)12-10-18)20(26)15-24(30(3,28)29)13-17-7-5-4-6-8-17/h4-12,16H,13-15H2,1-3H3,(H,23,27)/t16-/m0/s1. The normalized spacial score (nSPS) is 12.4. The smallest absolute Gasteiger partial charge is 0.242 e. The van der Waals surface area contributed by atoms with E-state index in [-0.39, 0.29) is 19.0 Å². The van der Waals surface area contributed by atoms with E-state index in [1.165, 1.54) is 36.2 Å². The van der Waals surface area contributed by atoms with E-state index in [1.54, 1.807) is 31.2 Å². The molecule has 7 nitrogen and oxygen atoms in total. The van der Waals surface area contributed by atoms with Gasteiger partial charge in [-0.3, -0.25) is 9.59 Å². The van der Waals surface area contributed by atoms with Crippen LogP contribution in [0.4, 0.5) is 4.39 Å². The molecule has 0 heterocycles. The maximum Gasteiger partial charge on any atom is 0.242 e. The van der Waals surface area contributed by atoms with Crippen LogP contribution in [0.2, 0.25) is 0 Å². The van der Waals surface area contributed by atoms with E-state index in [9.17, 15) is 22.4 Å². The Morgan fingerprint density at radius 2 is 1.57 bits per heavy atom. The van der Waals surface area contributed by atoms with Gasteiger partial charge in [-0.1, -0.05) is 42.5 Å². The first-order valence-electron chi connectivity index (χ1n) is 9.36. The minimum Gasteiger partial charge on any atom is -0.357 e. The van der Waals surface area contributed by atoms with Crippen LogP contribution in [0.5, 0.6) is 0 Å². The molecule has 0 aromatic heterocycles. The Kier molecular flexibility index (Phi) is 8.08. The maximum absolute atomic E-state index is 13.2. The van der Waals surface area contributed by atoms with Crippen LogP contribution in [-0.2, 0) is 32.7 Å². The molecule has 0 aliphatic carbocycles. The third kappa shape index (κ3) is 6.64. The van der Waals surface area contributed by atoms with Crippen molar-refractivity contribution in [2.45, 2.75) is 26.1 Å². The fraction of sp³-hybridized carbons (Fsp3) is 0.333. The third-order valence-corrected chi connectivity index (χ3v) is 5.86. The van der Waals surface area contributed by atoms with Crippen LogP contribution >= 0.6 is 0 Å². The molecule has 0 spiro atoms. The largest absolute Gasteiger partial charge is 0.357 e. The molecule has 9 heteroatoms. The predicted octanol–water partition coefficient (Wildman–Crippen LogP) is 1.75. The molecule has 1 N–H and O–H groups in total. The van der Waals surface area contributed by atoms with Crippen LogP contribution in [0.1, 0.15) is 18.1 Å². The zero-order valence-electron chi connectivity index (χ0n) is 17.2. The van der Waals surface area contributed by atoms with Gasteiger partial charge in [0.15, 0.2) is 0 Å². The lowest BCUT2D eigenvalue weighted by Gasteiger charge is -2.30. The number of hydrogen-bond donors (Lipinski definition) is 1. The van der Waals surface area contributed by atoms with Crippen molar-refractivity contribution in [2.24, 2.45) is 0 Å². The first kappa shape index (κ1) is 23.5. The predicted molar refractivity (Wildman–Crippen MR) is 112 cm³/mol. The number of carbonyl (C=O) groups is 2. The molecule has 1 atom stereocenters. The van der Waals surface area contributed by atoms with Gasteiger partial charge in [0.05, 0.1) is 12.8 Å². The van der Waals surface area contributed by atoms with E-state index < -0.39 is 34.3 Å². The van der Waals surface area contributed by atoms with Crippen LogP contribution in [-0.4, -0.2) is 55.3 Å². The highest BCUT2D eigenvalue weighted by atomic mass is 32.2. The van der Waals surface area contributed by atoms with Gasteiger partial charge in [-0.25, -0.2) is 12.8 Å². The lowest BCUT2D eigenvalue weighted by molar-refractivity contribution is -0.140. The lowest BCUT2D eigenvalue weighted by atomic mass is 10.1. The molecule has 162 valence electrons. The highest BCUT2D eigenvalue weighted by Crippen LogP contribution is 2.14. The summed E-state index contributed by atoms with van der Waals surface area (Å²) >= 11 is 0. The Bertz CT molecular complexity index is 966. The Morgan fingerprint density at radius 3 is 2.10 bits per heavy atom. The molecule has 2 rings (SSSR count). The van der Waals surface area contributed by atoms with Gasteiger partial charge in [0.1, 0.15) is 11.9 Å². The first-order valence-corrected chi connectivity index (χ1v) is 11.2. The number of nitrogens with one attached hydrogen (secondary N) is 1. The van der Waals surface area contributed by atoms with E-state index in [2.05, 4.69) is 5.32 Å². The molecule has 0 aliphatic heterocycles. The minimum absolute atomic E-state index is 0.0319. The number of halogens is 1. The van der Waals surface area contributed by atoms with Crippen molar-refractivity contribution < 1.29 is 22.4 Å². The molecule has 2 aromatic rings. The second-order valence-electron chi connectivity index (χ2n) is 6.95. The lowest BCUT2D eigenvalue weighted by Crippen LogP contribution is -2.50. The Morgan fingerprint density at radius 1 is 1.00 bits per heavy atom. The molecular formula is C21H26FN3O4S. The third-order valence-electron chi connectivity index (χ3n) is 4.66. The number of carbonyl (C=O) groups excluding carboxylic acids is 2. The number of nitrogens with zero attached hydrogens (tertiary/aromatic N) is 2. The van der Waals surface area contributed by atoms with Crippen molar-refractivity contribution in [3.05, 3.63) is 71.5 Å².